The van der Waals surface area contributed by atoms with Gasteiger partial charge in [-0.3, -0.25) is 0 Å². The number of hydrogen-bond donors (Lipinski definition) is 2. The number of alkyl halides is 3. The van der Waals surface area contributed by atoms with Gasteiger partial charge in [-0.2, -0.15) is 13.2 Å². The first-order valence-corrected chi connectivity index (χ1v) is 7.62. The van der Waals surface area contributed by atoms with E-state index in [0.717, 1.165) is 18.2 Å². The number of nitrogens with zero attached hydrogens (tertiary/aromatic N) is 1. The summed E-state index contributed by atoms with van der Waals surface area (Å²) in [6, 6.07) is 5.72. The highest BCUT2D eigenvalue weighted by Crippen LogP contribution is 2.21. The fourth-order valence-corrected chi connectivity index (χ4v) is 1.83. The number of anilines is 1. The fourth-order valence-electron chi connectivity index (χ4n) is 1.47. The van der Waals surface area contributed by atoms with Crippen LogP contribution in [0.25, 0.3) is 0 Å². The summed E-state index contributed by atoms with van der Waals surface area (Å²) in [5, 5.41) is 5.92. The van der Waals surface area contributed by atoms with Crippen molar-refractivity contribution in [2.75, 3.05) is 11.9 Å². The van der Waals surface area contributed by atoms with Crippen LogP contribution in [-0.2, 0) is 0 Å². The smallest absolute Gasteiger partial charge is 0.329 e. The molecule has 0 aliphatic carbocycles. The summed E-state index contributed by atoms with van der Waals surface area (Å²) in [7, 11) is 0. The Morgan fingerprint density at radius 2 is 1.56 bits per heavy atom. The van der Waals surface area contributed by atoms with Crippen LogP contribution in [0.1, 0.15) is 0 Å². The van der Waals surface area contributed by atoms with E-state index >= 15 is 0 Å². The molecule has 0 unspecified atom stereocenters. The minimum Gasteiger partial charge on any atom is -0.329 e. The van der Waals surface area contributed by atoms with Gasteiger partial charge >= 0.3 is 12.2 Å². The molecule has 2 N–H and O–H groups in total. The zero-order valence-electron chi connectivity index (χ0n) is 13.1. The van der Waals surface area contributed by atoms with Gasteiger partial charge < -0.3 is 10.6 Å². The van der Waals surface area contributed by atoms with Gasteiger partial charge in [0, 0.05) is 5.69 Å². The van der Waals surface area contributed by atoms with Crippen molar-refractivity contribution < 1.29 is 26.7 Å². The van der Waals surface area contributed by atoms with Crippen LogP contribution >= 0.6 is 23.2 Å². The van der Waals surface area contributed by atoms with E-state index in [0.29, 0.717) is 0 Å². The molecule has 2 amide bonds. The van der Waals surface area contributed by atoms with Crippen LogP contribution in [0, 0.1) is 16.5 Å². The minimum absolute atomic E-state index is 0.0860. The number of hydrogen-bond acceptors (Lipinski definition) is 3. The standard InChI is InChI=1S/C9H7ClF4N2O.C6H3ClFNO/c10-6-3-5(1-2-7(6)11)16-8(17)15-4-9(12,13)14;7-5-3-4(9-10)1-2-6(5)8/h1-3H,4H2,(H2,15,16,17);1-3H. The second kappa shape index (κ2) is 10.0. The van der Waals surface area contributed by atoms with Crippen LogP contribution in [0.5, 0.6) is 0 Å². The van der Waals surface area contributed by atoms with E-state index in [1.807, 2.05) is 0 Å². The van der Waals surface area contributed by atoms with Crippen LogP contribution in [0.15, 0.2) is 41.6 Å². The molecule has 2 aromatic carbocycles. The topological polar surface area (TPSA) is 70.6 Å². The van der Waals surface area contributed by atoms with E-state index < -0.39 is 30.4 Å². The summed E-state index contributed by atoms with van der Waals surface area (Å²) in [5.41, 5.74) is 0.225. The summed E-state index contributed by atoms with van der Waals surface area (Å²) in [5.74, 6) is -1.23. The van der Waals surface area contributed by atoms with E-state index in [1.54, 1.807) is 5.32 Å². The Balaban J connectivity index is 0.000000309. The van der Waals surface area contributed by atoms with Gasteiger partial charge in [-0.1, -0.05) is 23.2 Å². The molecule has 5 nitrogen and oxygen atoms in total. The molecule has 2 aromatic rings. The summed E-state index contributed by atoms with van der Waals surface area (Å²) in [4.78, 5) is 20.8. The summed E-state index contributed by atoms with van der Waals surface area (Å²) < 4.78 is 60.4. The van der Waals surface area contributed by atoms with Crippen molar-refractivity contribution in [3.63, 3.8) is 0 Å². The van der Waals surface area contributed by atoms with Gasteiger partial charge in [-0.05, 0) is 41.6 Å². The third-order valence-electron chi connectivity index (χ3n) is 2.64. The highest BCUT2D eigenvalue weighted by atomic mass is 35.5. The number of nitrogens with one attached hydrogen (secondary N) is 2. The normalized spacial score (nSPS) is 10.5. The Labute approximate surface area is 159 Å². The lowest BCUT2D eigenvalue weighted by molar-refractivity contribution is -0.122. The molecule has 0 fully saturated rings. The molecule has 0 aliphatic rings. The SMILES string of the molecule is O=C(NCC(F)(F)F)Nc1ccc(F)c(Cl)c1.O=Nc1ccc(F)c(Cl)c1. The predicted molar refractivity (Wildman–Crippen MR) is 91.4 cm³/mol. The fraction of sp³-hybridized carbons (Fsp3) is 0.133. The maximum Gasteiger partial charge on any atom is 0.405 e. The first kappa shape index (κ1) is 22.6. The zero-order valence-corrected chi connectivity index (χ0v) is 14.6. The number of nitroso groups, excluding NO2 is 1. The third kappa shape index (κ3) is 8.65. The van der Waals surface area contributed by atoms with Crippen molar-refractivity contribution in [1.29, 1.82) is 0 Å². The zero-order chi connectivity index (χ0) is 20.6. The van der Waals surface area contributed by atoms with Gasteiger partial charge in [0.2, 0.25) is 0 Å². The van der Waals surface area contributed by atoms with Crippen LogP contribution in [0.4, 0.5) is 38.1 Å². The lowest BCUT2D eigenvalue weighted by Crippen LogP contribution is -2.36. The second-order valence-electron chi connectivity index (χ2n) is 4.74. The molecule has 0 bridgehead atoms. The summed E-state index contributed by atoms with van der Waals surface area (Å²) >= 11 is 10.7. The molecule has 0 saturated carbocycles. The van der Waals surface area contributed by atoms with Crippen LogP contribution in [-0.4, -0.2) is 18.8 Å². The number of carbonyl (C=O) groups excluding carboxylic acids is 1. The first-order chi connectivity index (χ1) is 12.5. The maximum atomic E-state index is 12.7. The highest BCUT2D eigenvalue weighted by molar-refractivity contribution is 6.31. The molecular formula is C15H10Cl2F5N3O2. The van der Waals surface area contributed by atoms with Gasteiger partial charge in [-0.15, -0.1) is 4.91 Å². The number of amides is 2. The number of carbonyl (C=O) groups is 1. The minimum atomic E-state index is -4.49. The first-order valence-electron chi connectivity index (χ1n) is 6.87. The van der Waals surface area contributed by atoms with Crippen molar-refractivity contribution in [2.24, 2.45) is 5.18 Å². The van der Waals surface area contributed by atoms with E-state index in [1.165, 1.54) is 18.2 Å². The molecular weight excluding hydrogens is 420 g/mol. The van der Waals surface area contributed by atoms with Crippen molar-refractivity contribution in [3.05, 3.63) is 63.0 Å². The second-order valence-corrected chi connectivity index (χ2v) is 5.56. The lowest BCUT2D eigenvalue weighted by atomic mass is 10.3. The van der Waals surface area contributed by atoms with E-state index in [2.05, 4.69) is 10.5 Å². The maximum absolute atomic E-state index is 12.7. The third-order valence-corrected chi connectivity index (χ3v) is 3.21. The van der Waals surface area contributed by atoms with E-state index in [4.69, 9.17) is 23.2 Å². The number of halogens is 7. The van der Waals surface area contributed by atoms with Crippen molar-refractivity contribution >= 4 is 40.6 Å². The lowest BCUT2D eigenvalue weighted by Gasteiger charge is -2.09. The Kier molecular flexibility index (Phi) is 8.38. The molecule has 2 rings (SSSR count). The Bertz CT molecular complexity index is 819. The molecule has 0 aliphatic heterocycles. The average Bonchev–Trinajstić information content (AvgIpc) is 2.59. The molecule has 0 saturated heterocycles. The molecule has 0 aromatic heterocycles. The molecule has 0 heterocycles. The molecule has 0 radical (unpaired) electrons. The van der Waals surface area contributed by atoms with Gasteiger partial charge in [-0.25, -0.2) is 13.6 Å². The number of rotatable bonds is 3. The van der Waals surface area contributed by atoms with E-state index in [9.17, 15) is 31.7 Å². The Morgan fingerprint density at radius 3 is 2.04 bits per heavy atom. The molecule has 146 valence electrons. The monoisotopic (exact) mass is 429 g/mol. The van der Waals surface area contributed by atoms with Gasteiger partial charge in [0.1, 0.15) is 23.9 Å². The van der Waals surface area contributed by atoms with Crippen LogP contribution < -0.4 is 10.6 Å². The molecule has 27 heavy (non-hydrogen) atoms. The quantitative estimate of drug-likeness (QED) is 0.461. The molecule has 12 heteroatoms. The van der Waals surface area contributed by atoms with Gasteiger partial charge in [0.05, 0.1) is 10.0 Å². The Morgan fingerprint density at radius 1 is 1.00 bits per heavy atom. The highest BCUT2D eigenvalue weighted by Gasteiger charge is 2.27. The van der Waals surface area contributed by atoms with Gasteiger partial charge in [0.15, 0.2) is 0 Å². The van der Waals surface area contributed by atoms with E-state index in [-0.39, 0.29) is 21.4 Å². The summed E-state index contributed by atoms with van der Waals surface area (Å²) in [6.45, 7) is -1.45. The molecule has 0 spiro atoms. The van der Waals surface area contributed by atoms with Crippen LogP contribution in [0.2, 0.25) is 10.0 Å². The summed E-state index contributed by atoms with van der Waals surface area (Å²) in [6.07, 6.45) is -4.49. The Hall–Kier alpha value is -2.46. The predicted octanol–water partition coefficient (Wildman–Crippen LogP) is 6.04. The number of urea groups is 1. The van der Waals surface area contributed by atoms with Crippen LogP contribution in [0.3, 0.4) is 0 Å². The van der Waals surface area contributed by atoms with Crippen molar-refractivity contribution in [1.82, 2.24) is 5.32 Å². The molecule has 0 atom stereocenters. The number of benzene rings is 2. The van der Waals surface area contributed by atoms with Crippen molar-refractivity contribution in [3.8, 4) is 0 Å². The van der Waals surface area contributed by atoms with Crippen molar-refractivity contribution in [2.45, 2.75) is 6.18 Å². The average molecular weight is 430 g/mol. The van der Waals surface area contributed by atoms with Gasteiger partial charge in [0.25, 0.3) is 0 Å². The largest absolute Gasteiger partial charge is 0.405 e.